The lowest BCUT2D eigenvalue weighted by atomic mass is 9.98. The molecule has 0 aliphatic carbocycles. The SMILES string of the molecule is CCC(CC)C[Si](Cl)(Cl)CC[C@@H](C)CCCC(C)C. The van der Waals surface area contributed by atoms with E-state index in [0.717, 1.165) is 29.8 Å². The summed E-state index contributed by atoms with van der Waals surface area (Å²) in [7, 11) is 0. The summed E-state index contributed by atoms with van der Waals surface area (Å²) in [4.78, 5) is 0. The van der Waals surface area contributed by atoms with E-state index in [4.69, 9.17) is 22.2 Å². The Labute approximate surface area is 132 Å². The second-order valence-corrected chi connectivity index (χ2v) is 14.3. The number of hydrogen-bond donors (Lipinski definition) is 0. The standard InChI is InChI=1S/C16H34Cl2Si/c1-6-16(7-2)13-19(17,18)12-11-15(5)10-8-9-14(3)4/h14-16H,6-13H2,1-5H3/t15-/m0/s1. The average Bonchev–Trinajstić information content (AvgIpc) is 2.33. The molecule has 0 aliphatic rings. The summed E-state index contributed by atoms with van der Waals surface area (Å²) < 4.78 is 0. The van der Waals surface area contributed by atoms with Crippen molar-refractivity contribution in [3.05, 3.63) is 0 Å². The number of rotatable bonds is 11. The zero-order valence-corrected chi connectivity index (χ0v) is 16.2. The third-order valence-corrected chi connectivity index (χ3v) is 8.48. The van der Waals surface area contributed by atoms with E-state index in [2.05, 4.69) is 34.6 Å². The van der Waals surface area contributed by atoms with Crippen LogP contribution in [0.2, 0.25) is 12.1 Å². The van der Waals surface area contributed by atoms with E-state index in [9.17, 15) is 0 Å². The predicted molar refractivity (Wildman–Crippen MR) is 93.6 cm³/mol. The van der Waals surface area contributed by atoms with Crippen LogP contribution in [0, 0.1) is 17.8 Å². The van der Waals surface area contributed by atoms with Gasteiger partial charge in [-0.2, -0.15) is 0 Å². The Morgan fingerprint density at radius 2 is 1.47 bits per heavy atom. The Balaban J connectivity index is 3.88. The van der Waals surface area contributed by atoms with Gasteiger partial charge in [-0.1, -0.05) is 73.1 Å². The quantitative estimate of drug-likeness (QED) is 0.278. The van der Waals surface area contributed by atoms with Crippen LogP contribution < -0.4 is 0 Å². The van der Waals surface area contributed by atoms with Crippen LogP contribution in [0.3, 0.4) is 0 Å². The molecule has 0 aromatic heterocycles. The van der Waals surface area contributed by atoms with Gasteiger partial charge >= 0.3 is 0 Å². The van der Waals surface area contributed by atoms with Gasteiger partial charge in [0.1, 0.15) is 0 Å². The van der Waals surface area contributed by atoms with Crippen molar-refractivity contribution in [3.63, 3.8) is 0 Å². The van der Waals surface area contributed by atoms with E-state index in [1.54, 1.807) is 0 Å². The summed E-state index contributed by atoms with van der Waals surface area (Å²) >= 11 is 13.2. The monoisotopic (exact) mass is 324 g/mol. The number of halogens is 2. The van der Waals surface area contributed by atoms with Crippen molar-refractivity contribution >= 4 is 28.9 Å². The molecule has 0 unspecified atom stereocenters. The molecule has 1 atom stereocenters. The van der Waals surface area contributed by atoms with Crippen LogP contribution in [0.1, 0.15) is 73.1 Å². The summed E-state index contributed by atoms with van der Waals surface area (Å²) in [5, 5.41) is 0. The maximum Gasteiger partial charge on any atom is 0.251 e. The fraction of sp³-hybridized carbons (Fsp3) is 1.00. The van der Waals surface area contributed by atoms with Crippen LogP contribution >= 0.6 is 22.2 Å². The van der Waals surface area contributed by atoms with Gasteiger partial charge in [-0.15, -0.1) is 22.2 Å². The molecule has 0 aromatic carbocycles. The van der Waals surface area contributed by atoms with Crippen molar-refractivity contribution in [1.82, 2.24) is 0 Å². The van der Waals surface area contributed by atoms with Crippen molar-refractivity contribution in [1.29, 1.82) is 0 Å². The molecular weight excluding hydrogens is 291 g/mol. The molecule has 0 saturated carbocycles. The van der Waals surface area contributed by atoms with Crippen LogP contribution in [0.25, 0.3) is 0 Å². The second-order valence-electron chi connectivity index (χ2n) is 6.71. The second kappa shape index (κ2) is 10.5. The Kier molecular flexibility index (Phi) is 11.0. The lowest BCUT2D eigenvalue weighted by Gasteiger charge is -2.23. The van der Waals surface area contributed by atoms with Crippen molar-refractivity contribution < 1.29 is 0 Å². The molecule has 0 fully saturated rings. The largest absolute Gasteiger partial charge is 0.251 e. The fourth-order valence-electron chi connectivity index (χ4n) is 2.58. The van der Waals surface area contributed by atoms with Gasteiger partial charge in [-0.05, 0) is 29.8 Å². The van der Waals surface area contributed by atoms with Crippen LogP contribution in [0.4, 0.5) is 0 Å². The summed E-state index contributed by atoms with van der Waals surface area (Å²) in [5.41, 5.74) is 0. The third-order valence-electron chi connectivity index (χ3n) is 4.22. The molecule has 0 spiro atoms. The normalized spacial score (nSPS) is 14.4. The van der Waals surface area contributed by atoms with E-state index in [-0.39, 0.29) is 0 Å². The molecule has 0 heterocycles. The van der Waals surface area contributed by atoms with Gasteiger partial charge in [0, 0.05) is 0 Å². The highest BCUT2D eigenvalue weighted by Gasteiger charge is 2.31. The molecule has 0 radical (unpaired) electrons. The molecule has 0 bridgehead atoms. The Morgan fingerprint density at radius 1 is 0.895 bits per heavy atom. The molecule has 0 N–H and O–H groups in total. The van der Waals surface area contributed by atoms with E-state index in [0.29, 0.717) is 0 Å². The maximum atomic E-state index is 6.62. The topological polar surface area (TPSA) is 0 Å². The Hall–Kier alpha value is 0.797. The van der Waals surface area contributed by atoms with E-state index in [1.807, 2.05) is 0 Å². The molecule has 0 aromatic rings. The van der Waals surface area contributed by atoms with Crippen LogP contribution in [0.5, 0.6) is 0 Å². The molecule has 0 rings (SSSR count). The predicted octanol–water partition coefficient (Wildman–Crippen LogP) is 7.19. The van der Waals surface area contributed by atoms with Crippen molar-refractivity contribution in [2.75, 3.05) is 0 Å². The molecule has 3 heteroatoms. The first-order chi connectivity index (χ1) is 8.80. The maximum absolute atomic E-state index is 6.62. The zero-order valence-electron chi connectivity index (χ0n) is 13.6. The summed E-state index contributed by atoms with van der Waals surface area (Å²) in [6.07, 6.45) is 7.69. The van der Waals surface area contributed by atoms with Gasteiger partial charge in [0.2, 0.25) is 0 Å². The minimum atomic E-state index is -1.99. The van der Waals surface area contributed by atoms with Crippen LogP contribution in [0.15, 0.2) is 0 Å². The van der Waals surface area contributed by atoms with E-state index in [1.165, 1.54) is 38.5 Å². The Bertz CT molecular complexity index is 213. The number of hydrogen-bond acceptors (Lipinski definition) is 0. The third kappa shape index (κ3) is 11.2. The van der Waals surface area contributed by atoms with E-state index < -0.39 is 6.69 Å². The van der Waals surface area contributed by atoms with E-state index >= 15 is 0 Å². The van der Waals surface area contributed by atoms with Crippen molar-refractivity contribution in [2.24, 2.45) is 17.8 Å². The highest BCUT2D eigenvalue weighted by atomic mass is 35.7. The zero-order chi connectivity index (χ0) is 14.9. The molecule has 0 saturated heterocycles. The smallest absolute Gasteiger partial charge is 0.146 e. The molecule has 0 aliphatic heterocycles. The first kappa shape index (κ1) is 19.8. The summed E-state index contributed by atoms with van der Waals surface area (Å²) in [6, 6.07) is 2.16. The van der Waals surface area contributed by atoms with Crippen molar-refractivity contribution in [3.8, 4) is 0 Å². The molecule has 0 amide bonds. The molecular formula is C16H34Cl2Si. The van der Waals surface area contributed by atoms with Crippen LogP contribution in [-0.4, -0.2) is 6.69 Å². The summed E-state index contributed by atoms with van der Waals surface area (Å²) in [5.74, 6) is 2.35. The molecule has 19 heavy (non-hydrogen) atoms. The molecule has 0 nitrogen and oxygen atoms in total. The average molecular weight is 325 g/mol. The summed E-state index contributed by atoms with van der Waals surface area (Å²) in [6.45, 7) is 9.47. The first-order valence-corrected chi connectivity index (χ1v) is 12.6. The lowest BCUT2D eigenvalue weighted by Crippen LogP contribution is -2.23. The fourth-order valence-corrected chi connectivity index (χ4v) is 7.08. The highest BCUT2D eigenvalue weighted by Crippen LogP contribution is 2.35. The van der Waals surface area contributed by atoms with Gasteiger partial charge in [0.25, 0.3) is 6.69 Å². The van der Waals surface area contributed by atoms with Gasteiger partial charge in [-0.25, -0.2) is 0 Å². The molecule has 116 valence electrons. The van der Waals surface area contributed by atoms with Gasteiger partial charge in [0.15, 0.2) is 0 Å². The minimum Gasteiger partial charge on any atom is -0.146 e. The van der Waals surface area contributed by atoms with Gasteiger partial charge in [-0.3, -0.25) is 0 Å². The van der Waals surface area contributed by atoms with Crippen molar-refractivity contribution in [2.45, 2.75) is 85.2 Å². The van der Waals surface area contributed by atoms with Gasteiger partial charge in [0.05, 0.1) is 0 Å². The minimum absolute atomic E-state index is 0.734. The Morgan fingerprint density at radius 3 is 1.95 bits per heavy atom. The lowest BCUT2D eigenvalue weighted by molar-refractivity contribution is 0.447. The van der Waals surface area contributed by atoms with Crippen LogP contribution in [-0.2, 0) is 0 Å². The highest BCUT2D eigenvalue weighted by molar-refractivity contribution is 7.45. The first-order valence-electron chi connectivity index (χ1n) is 8.18. The van der Waals surface area contributed by atoms with Gasteiger partial charge < -0.3 is 0 Å².